The number of nitrogens with zero attached hydrogens (tertiary/aromatic N) is 12. The van der Waals surface area contributed by atoms with Crippen molar-refractivity contribution in [1.82, 2.24) is 56.1 Å². The smallest absolute Gasteiger partial charge is 0.283 e. The fourth-order valence-corrected chi connectivity index (χ4v) is 21.8. The number of unbranched alkanes of at least 4 members (excludes halogenated alkanes) is 32. The second kappa shape index (κ2) is 44.9. The first-order chi connectivity index (χ1) is 68.0. The summed E-state index contributed by atoms with van der Waals surface area (Å²) < 4.78 is 13.6. The van der Waals surface area contributed by atoms with Gasteiger partial charge in [-0.15, -0.1) is 0 Å². The van der Waals surface area contributed by atoms with Crippen molar-refractivity contribution in [2.24, 2.45) is 0 Å². The van der Waals surface area contributed by atoms with Crippen LogP contribution in [0.4, 0.5) is 0 Å². The molecule has 32 heteroatoms. The first kappa shape index (κ1) is 99.6. The van der Waals surface area contributed by atoms with Crippen LogP contribution >= 0.6 is 0 Å². The highest BCUT2D eigenvalue weighted by molar-refractivity contribution is 5.64. The maximum absolute atomic E-state index is 15.7. The predicted octanol–water partition coefficient (Wildman–Crippen LogP) is 17.1. The highest BCUT2D eigenvalue weighted by Gasteiger charge is 2.40. The lowest BCUT2D eigenvalue weighted by Gasteiger charge is -2.31. The van der Waals surface area contributed by atoms with Gasteiger partial charge < -0.3 is 59.1 Å². The van der Waals surface area contributed by atoms with Crippen molar-refractivity contribution in [3.05, 3.63) is 268 Å². The van der Waals surface area contributed by atoms with Crippen LogP contribution < -0.4 is 83.2 Å². The van der Waals surface area contributed by atoms with Crippen molar-refractivity contribution in [2.45, 2.75) is 386 Å². The van der Waals surface area contributed by atoms with Crippen LogP contribution in [-0.2, 0) is 26.2 Å². The summed E-state index contributed by atoms with van der Waals surface area (Å²) in [5.41, 5.74) is -2.30. The number of fused-ring (bicyclic) bond motifs is 4. The molecular formula is C108H140N12O20. The zero-order chi connectivity index (χ0) is 98.1. The molecule has 752 valence electrons. The van der Waals surface area contributed by atoms with E-state index in [9.17, 15) is 20.4 Å². The Balaban J connectivity index is 1.06. The molecule has 0 saturated carbocycles. The van der Waals surface area contributed by atoms with Gasteiger partial charge in [-0.3, -0.25) is 56.6 Å². The molecule has 32 nitrogen and oxygen atoms in total. The van der Waals surface area contributed by atoms with Crippen LogP contribution in [-0.4, -0.2) is 101 Å². The van der Waals surface area contributed by atoms with Crippen molar-refractivity contribution < 1.29 is 59.1 Å². The molecule has 4 aromatic carbocycles. The third-order valence-electron chi connectivity index (χ3n) is 28.9. The Bertz CT molecular complexity index is 6050. The molecule has 0 radical (unpaired) electrons. The van der Waals surface area contributed by atoms with Crippen LogP contribution in [0.15, 0.2) is 136 Å². The van der Waals surface area contributed by atoms with E-state index in [2.05, 4.69) is 52.0 Å². The highest BCUT2D eigenvalue weighted by Crippen LogP contribution is 2.55. The van der Waals surface area contributed by atoms with Gasteiger partial charge in [-0.1, -0.05) is 259 Å². The van der Waals surface area contributed by atoms with Gasteiger partial charge in [-0.2, -0.15) is 37.8 Å². The normalized spacial score (nSPS) is 16.3. The molecule has 0 aromatic heterocycles. The maximum atomic E-state index is 15.7. The second-order valence-electron chi connectivity index (χ2n) is 40.0. The number of benzene rings is 4. The van der Waals surface area contributed by atoms with Crippen molar-refractivity contribution in [1.29, 1.82) is 0 Å². The topological polar surface area (TPSA) is 350 Å². The number of aliphatic hydroxyl groups excluding tert-OH is 4. The molecule has 0 unspecified atom stereocenters. The molecule has 0 amide bonds. The summed E-state index contributed by atoms with van der Waals surface area (Å²) in [7, 11) is 0. The lowest BCUT2D eigenvalue weighted by Crippen LogP contribution is -2.32. The van der Waals surface area contributed by atoms with Gasteiger partial charge >= 0.3 is 0 Å². The monoisotopic (exact) mass is 1930 g/mol. The van der Waals surface area contributed by atoms with E-state index in [1.165, 1.54) is 115 Å². The molecule has 20 rings (SSSR count). The summed E-state index contributed by atoms with van der Waals surface area (Å²) in [5, 5.41) is 42.7. The third-order valence-corrected chi connectivity index (χ3v) is 28.9. The maximum Gasteiger partial charge on any atom is 0.283 e. The molecule has 0 spiro atoms. The minimum absolute atomic E-state index is 0.111. The van der Waals surface area contributed by atoms with E-state index in [1.807, 2.05) is 0 Å². The zero-order valence-electron chi connectivity index (χ0n) is 82.7. The molecule has 16 aliphatic rings. The van der Waals surface area contributed by atoms with Crippen LogP contribution in [0.3, 0.4) is 0 Å². The fraction of sp³-hybridized carbons (Fsp3) is 0.556. The largest absolute Gasteiger partial charge is 0.392 e. The van der Waals surface area contributed by atoms with Crippen LogP contribution in [0.25, 0.3) is 0 Å². The summed E-state index contributed by atoms with van der Waals surface area (Å²) in [6, 6.07) is 15.3. The number of aromatic nitrogens is 12. The van der Waals surface area contributed by atoms with E-state index in [1.54, 1.807) is 24.3 Å². The Morgan fingerprint density at radius 2 is 0.336 bits per heavy atom. The summed E-state index contributed by atoms with van der Waals surface area (Å²) in [4.78, 5) is 186. The van der Waals surface area contributed by atoms with Gasteiger partial charge in [0.2, 0.25) is 0 Å². The molecule has 140 heavy (non-hydrogen) atoms. The zero-order valence-corrected chi connectivity index (χ0v) is 82.7. The molecule has 0 saturated heterocycles. The van der Waals surface area contributed by atoms with Crippen LogP contribution in [0.5, 0.6) is 46.0 Å². The Morgan fingerprint density at radius 1 is 0.207 bits per heavy atom. The molecule has 4 atom stereocenters. The van der Waals surface area contributed by atoms with Gasteiger partial charge in [0.1, 0.15) is 0 Å². The molecule has 0 aliphatic carbocycles. The van der Waals surface area contributed by atoms with Gasteiger partial charge in [-0.05, 0) is 77.6 Å². The molecule has 0 fully saturated rings. The van der Waals surface area contributed by atoms with E-state index in [4.69, 9.17) is 38.7 Å². The highest BCUT2D eigenvalue weighted by atomic mass is 16.7. The quantitative estimate of drug-likeness (QED) is 0.0257. The lowest BCUT2D eigenvalue weighted by molar-refractivity contribution is 0.163. The Hall–Kier alpha value is -12.0. The molecule has 4 aromatic rings. The van der Waals surface area contributed by atoms with E-state index in [0.29, 0.717) is 95.9 Å². The summed E-state index contributed by atoms with van der Waals surface area (Å²) in [6.45, 7) is 13.0. The minimum Gasteiger partial charge on any atom is -0.392 e. The van der Waals surface area contributed by atoms with Crippen LogP contribution in [0.1, 0.15) is 380 Å². The van der Waals surface area contributed by atoms with Gasteiger partial charge in [0.05, 0.1) is 100 Å². The summed E-state index contributed by atoms with van der Waals surface area (Å²) in [6.07, 6.45) is 43.7. The Labute approximate surface area is 811 Å². The molecule has 4 N–H and O–H groups in total. The predicted molar refractivity (Wildman–Crippen MR) is 528 cm³/mol. The van der Waals surface area contributed by atoms with Crippen molar-refractivity contribution in [3.63, 3.8) is 0 Å². The molecule has 16 aliphatic heterocycles. The van der Waals surface area contributed by atoms with Crippen molar-refractivity contribution >= 4 is 0 Å². The van der Waals surface area contributed by atoms with Gasteiger partial charge in [-0.25, -0.2) is 0 Å². The average molecular weight is 1930 g/mol. The molecule has 16 heterocycles. The van der Waals surface area contributed by atoms with E-state index in [-0.39, 0.29) is 88.8 Å². The van der Waals surface area contributed by atoms with Gasteiger partial charge in [0.15, 0.2) is 88.8 Å². The van der Waals surface area contributed by atoms with E-state index in [0.717, 1.165) is 224 Å². The van der Waals surface area contributed by atoms with Crippen molar-refractivity contribution in [2.75, 3.05) is 0 Å². The fourth-order valence-electron chi connectivity index (χ4n) is 21.8. The second-order valence-corrected chi connectivity index (χ2v) is 40.0. The van der Waals surface area contributed by atoms with E-state index < -0.39 is 119 Å². The SMILES string of the molecule is CCCCCCCCCCCC1c2cc3c4cc2On2ccn(c5c(=O)n(C[C@H](C)O)c(=O)c2=5)Oc2cc5c(cc21)C(CCCCCCCCCCC)c1cc2c(cc1On1ccn(c6c(=O)n(C[C@H](C)O)c(=O)c1=6)O5)On1ccn(c5c(=O)n(C[C@H](C)O)c(=O)c1=5)Oc1cc(c(cc1C2CCCCCCCCCCC)C3CCCCCCCCCCC)On1ccn(c2c(=O)n(C[C@H](C)O)c(=O)c1=2)O4. The molecule has 8 bridgehead atoms. The Morgan fingerprint density at radius 3 is 0.464 bits per heavy atom. The number of hydrogen-bond acceptors (Lipinski definition) is 20. The van der Waals surface area contributed by atoms with Crippen LogP contribution in [0, 0.1) is 42.8 Å². The molecular weight excluding hydrogens is 1790 g/mol. The van der Waals surface area contributed by atoms with Crippen LogP contribution in [0.2, 0.25) is 0 Å². The number of hydrogen-bond donors (Lipinski definition) is 4. The first-order valence-electron chi connectivity index (χ1n) is 52.3. The average Bonchev–Trinajstić information content (AvgIpc) is 1.59. The Kier molecular flexibility index (Phi) is 31.9. The summed E-state index contributed by atoms with van der Waals surface area (Å²) >= 11 is 0. The van der Waals surface area contributed by atoms with Crippen molar-refractivity contribution in [3.8, 4) is 46.0 Å². The minimum atomic E-state index is -1.20. The number of aliphatic hydroxyl groups is 4. The third kappa shape index (κ3) is 20.8. The standard InChI is InChI=1S/C108H140N12O20/c1-9-13-17-21-25-29-33-37-41-45-73-77-57-79-74(46-42-38-34-30-26-22-18-14-10-2)81-59-83-76(48-44-40-36-32-28-24-20-16-12-4)84-60-82-75(47-43-39-35-31-27-23-19-15-11-3)80-58-78(73)86-62-88(80)136-116-52-54-118(98-96(116)104(128)111(106(98)130)67-71(7)123)138-90(82)64-92(84)140-120-56-55-119(99-100(120)108(132)112(107(99)131)68-72(8)124)139-91(83)63-89(81)137-117-53-51-115(95-97(117)105(129)110(103(95)127)66-70(6)122)135-87(79)61-85(77)133-113-49-50-114(134-86)94-93(113)101(125)109(102(94)126)65-69(5)121/h49-64,69-76,121-124H,9-48,65-68H2,1-8H3/t69-,70-,71-,72-,73?,74?,75?,76?/m0/s1. The first-order valence-corrected chi connectivity index (χ1v) is 52.3. The van der Waals surface area contributed by atoms with Gasteiger partial charge in [0.25, 0.3) is 44.5 Å². The number of rotatable bonds is 48. The summed E-state index contributed by atoms with van der Waals surface area (Å²) in [5.74, 6) is -2.42. The van der Waals surface area contributed by atoms with Gasteiger partial charge in [0, 0.05) is 92.4 Å². The van der Waals surface area contributed by atoms with E-state index >= 15 is 38.4 Å². The lowest BCUT2D eigenvalue weighted by atomic mass is 9.76.